The van der Waals surface area contributed by atoms with Gasteiger partial charge in [0.25, 0.3) is 0 Å². The molecule has 0 aromatic heterocycles. The van der Waals surface area contributed by atoms with Gasteiger partial charge in [-0.2, -0.15) is 0 Å². The standard InChI is InChI=1S/C12H26N2O/c1-12(2)11-14(9-6-10-15-3)8-5-4-7-13-12/h13H,4-11H2,1-3H3. The van der Waals surface area contributed by atoms with Gasteiger partial charge in [0, 0.05) is 32.3 Å². The van der Waals surface area contributed by atoms with Crippen molar-refractivity contribution in [3.05, 3.63) is 0 Å². The zero-order chi connectivity index (χ0) is 11.1. The predicted octanol–water partition coefficient (Wildman–Crippen LogP) is 1.49. The third-order valence-electron chi connectivity index (χ3n) is 2.95. The number of ether oxygens (including phenoxy) is 1. The van der Waals surface area contributed by atoms with Crippen LogP contribution in [0.25, 0.3) is 0 Å². The summed E-state index contributed by atoms with van der Waals surface area (Å²) in [7, 11) is 1.78. The Bertz CT molecular complexity index is 171. The lowest BCUT2D eigenvalue weighted by Gasteiger charge is -2.36. The van der Waals surface area contributed by atoms with E-state index in [0.717, 1.165) is 19.6 Å². The molecule has 1 N–H and O–H groups in total. The molecule has 0 spiro atoms. The zero-order valence-electron chi connectivity index (χ0n) is 10.5. The van der Waals surface area contributed by atoms with Gasteiger partial charge in [-0.05, 0) is 46.2 Å². The molecule has 3 heteroatoms. The molecule has 15 heavy (non-hydrogen) atoms. The van der Waals surface area contributed by atoms with E-state index in [4.69, 9.17) is 4.74 Å². The van der Waals surface area contributed by atoms with Crippen LogP contribution in [0.2, 0.25) is 0 Å². The van der Waals surface area contributed by atoms with Gasteiger partial charge < -0.3 is 15.0 Å². The van der Waals surface area contributed by atoms with Gasteiger partial charge in [0.2, 0.25) is 0 Å². The summed E-state index contributed by atoms with van der Waals surface area (Å²) in [6.07, 6.45) is 3.76. The predicted molar refractivity (Wildman–Crippen MR) is 64.2 cm³/mol. The summed E-state index contributed by atoms with van der Waals surface area (Å²) < 4.78 is 5.10. The van der Waals surface area contributed by atoms with Crippen LogP contribution in [-0.4, -0.2) is 50.3 Å². The molecule has 0 bridgehead atoms. The fourth-order valence-corrected chi connectivity index (χ4v) is 2.20. The van der Waals surface area contributed by atoms with E-state index < -0.39 is 0 Å². The highest BCUT2D eigenvalue weighted by Crippen LogP contribution is 2.10. The molecule has 1 saturated heterocycles. The first-order chi connectivity index (χ1) is 7.14. The van der Waals surface area contributed by atoms with Crippen molar-refractivity contribution in [2.45, 2.75) is 38.6 Å². The number of hydrogen-bond donors (Lipinski definition) is 1. The second kappa shape index (κ2) is 6.46. The lowest BCUT2D eigenvalue weighted by molar-refractivity contribution is 0.146. The lowest BCUT2D eigenvalue weighted by atomic mass is 10.0. The number of nitrogens with zero attached hydrogens (tertiary/aromatic N) is 1. The van der Waals surface area contributed by atoms with Crippen molar-refractivity contribution in [3.8, 4) is 0 Å². The summed E-state index contributed by atoms with van der Waals surface area (Å²) in [5, 5.41) is 3.61. The summed E-state index contributed by atoms with van der Waals surface area (Å²) in [6, 6.07) is 0. The first-order valence-electron chi connectivity index (χ1n) is 6.10. The van der Waals surface area contributed by atoms with Crippen molar-refractivity contribution in [2.24, 2.45) is 0 Å². The van der Waals surface area contributed by atoms with Crippen molar-refractivity contribution in [2.75, 3.05) is 39.9 Å². The van der Waals surface area contributed by atoms with E-state index in [1.54, 1.807) is 7.11 Å². The second-order valence-corrected chi connectivity index (χ2v) is 5.14. The maximum absolute atomic E-state index is 5.10. The van der Waals surface area contributed by atoms with Crippen LogP contribution in [0.15, 0.2) is 0 Å². The van der Waals surface area contributed by atoms with Crippen LogP contribution in [0.4, 0.5) is 0 Å². The highest BCUT2D eigenvalue weighted by molar-refractivity contribution is 4.83. The SMILES string of the molecule is COCCCN1CCCCNC(C)(C)C1. The molecule has 0 aromatic carbocycles. The van der Waals surface area contributed by atoms with Crippen LogP contribution in [0.3, 0.4) is 0 Å². The van der Waals surface area contributed by atoms with Crippen LogP contribution in [0, 0.1) is 0 Å². The van der Waals surface area contributed by atoms with E-state index in [2.05, 4.69) is 24.1 Å². The molecule has 0 saturated carbocycles. The number of hydrogen-bond acceptors (Lipinski definition) is 3. The van der Waals surface area contributed by atoms with Gasteiger partial charge in [-0.3, -0.25) is 0 Å². The van der Waals surface area contributed by atoms with Gasteiger partial charge in [-0.1, -0.05) is 0 Å². The molecule has 0 amide bonds. The Kier molecular flexibility index (Phi) is 5.58. The monoisotopic (exact) mass is 214 g/mol. The van der Waals surface area contributed by atoms with Gasteiger partial charge in [0.05, 0.1) is 0 Å². The summed E-state index contributed by atoms with van der Waals surface area (Å²) in [6.45, 7) is 10.2. The minimum atomic E-state index is 0.257. The summed E-state index contributed by atoms with van der Waals surface area (Å²) >= 11 is 0. The molecule has 1 heterocycles. The maximum Gasteiger partial charge on any atom is 0.0474 e. The molecule has 1 aliphatic heterocycles. The van der Waals surface area contributed by atoms with E-state index >= 15 is 0 Å². The van der Waals surface area contributed by atoms with E-state index in [9.17, 15) is 0 Å². The normalized spacial score (nSPS) is 23.4. The van der Waals surface area contributed by atoms with Gasteiger partial charge in [-0.25, -0.2) is 0 Å². The van der Waals surface area contributed by atoms with Crippen molar-refractivity contribution in [1.82, 2.24) is 10.2 Å². The minimum absolute atomic E-state index is 0.257. The van der Waals surface area contributed by atoms with E-state index in [1.165, 1.54) is 32.5 Å². The van der Waals surface area contributed by atoms with Crippen molar-refractivity contribution < 1.29 is 4.74 Å². The van der Waals surface area contributed by atoms with Gasteiger partial charge in [-0.15, -0.1) is 0 Å². The Labute approximate surface area is 94.2 Å². The second-order valence-electron chi connectivity index (χ2n) is 5.14. The summed E-state index contributed by atoms with van der Waals surface area (Å²) in [4.78, 5) is 2.56. The minimum Gasteiger partial charge on any atom is -0.385 e. The molecule has 1 rings (SSSR count). The molecular weight excluding hydrogens is 188 g/mol. The fraction of sp³-hybridized carbons (Fsp3) is 1.00. The van der Waals surface area contributed by atoms with Crippen LogP contribution < -0.4 is 5.32 Å². The Balaban J connectivity index is 2.32. The van der Waals surface area contributed by atoms with Crippen LogP contribution in [0.1, 0.15) is 33.1 Å². The Morgan fingerprint density at radius 1 is 1.33 bits per heavy atom. The van der Waals surface area contributed by atoms with Crippen molar-refractivity contribution in [3.63, 3.8) is 0 Å². The average Bonchev–Trinajstić information content (AvgIpc) is 2.14. The largest absolute Gasteiger partial charge is 0.385 e. The Morgan fingerprint density at radius 2 is 2.13 bits per heavy atom. The molecule has 1 fully saturated rings. The number of nitrogens with one attached hydrogen (secondary N) is 1. The molecule has 1 aliphatic rings. The number of methoxy groups -OCH3 is 1. The van der Waals surface area contributed by atoms with Gasteiger partial charge >= 0.3 is 0 Å². The van der Waals surface area contributed by atoms with Crippen LogP contribution in [0.5, 0.6) is 0 Å². The molecule has 0 unspecified atom stereocenters. The highest BCUT2D eigenvalue weighted by Gasteiger charge is 2.22. The van der Waals surface area contributed by atoms with Crippen LogP contribution >= 0.6 is 0 Å². The quantitative estimate of drug-likeness (QED) is 0.718. The lowest BCUT2D eigenvalue weighted by Crippen LogP contribution is -2.51. The zero-order valence-corrected chi connectivity index (χ0v) is 10.5. The van der Waals surface area contributed by atoms with Gasteiger partial charge in [0.15, 0.2) is 0 Å². The molecular formula is C12H26N2O. The fourth-order valence-electron chi connectivity index (χ4n) is 2.20. The highest BCUT2D eigenvalue weighted by atomic mass is 16.5. The third kappa shape index (κ3) is 5.50. The molecule has 0 atom stereocenters. The maximum atomic E-state index is 5.10. The topological polar surface area (TPSA) is 24.5 Å². The van der Waals surface area contributed by atoms with E-state index in [0.29, 0.717) is 0 Å². The van der Waals surface area contributed by atoms with E-state index in [-0.39, 0.29) is 5.54 Å². The van der Waals surface area contributed by atoms with Crippen LogP contribution in [-0.2, 0) is 4.74 Å². The summed E-state index contributed by atoms with van der Waals surface area (Å²) in [5.74, 6) is 0. The first-order valence-corrected chi connectivity index (χ1v) is 6.10. The van der Waals surface area contributed by atoms with Crippen molar-refractivity contribution in [1.29, 1.82) is 0 Å². The number of rotatable bonds is 4. The molecule has 0 radical (unpaired) electrons. The van der Waals surface area contributed by atoms with Crippen molar-refractivity contribution >= 4 is 0 Å². The first kappa shape index (κ1) is 12.9. The average molecular weight is 214 g/mol. The Morgan fingerprint density at radius 3 is 2.87 bits per heavy atom. The third-order valence-corrected chi connectivity index (χ3v) is 2.95. The Hall–Kier alpha value is -0.120. The van der Waals surface area contributed by atoms with E-state index in [1.807, 2.05) is 0 Å². The molecule has 0 aliphatic carbocycles. The molecule has 0 aromatic rings. The molecule has 3 nitrogen and oxygen atoms in total. The molecule has 90 valence electrons. The summed E-state index contributed by atoms with van der Waals surface area (Å²) in [5.41, 5.74) is 0.257. The smallest absolute Gasteiger partial charge is 0.0474 e. The van der Waals surface area contributed by atoms with Gasteiger partial charge in [0.1, 0.15) is 0 Å².